The maximum atomic E-state index is 11.4. The highest BCUT2D eigenvalue weighted by molar-refractivity contribution is 5.89. The second-order valence-corrected chi connectivity index (χ2v) is 7.15. The number of unbranched alkanes of at least 4 members (excludes halogenated alkanes) is 1. The Hall–Kier alpha value is -2.62. The van der Waals surface area contributed by atoms with Crippen molar-refractivity contribution in [3.8, 4) is 0 Å². The molecule has 0 amide bonds. The lowest BCUT2D eigenvalue weighted by Gasteiger charge is -2.02. The van der Waals surface area contributed by atoms with E-state index in [0.717, 1.165) is 32.1 Å². The minimum atomic E-state index is -0.250. The van der Waals surface area contributed by atoms with E-state index < -0.39 is 0 Å². The van der Waals surface area contributed by atoms with Crippen molar-refractivity contribution in [1.29, 1.82) is 0 Å². The molecular weight excluding hydrogens is 412 g/mol. The summed E-state index contributed by atoms with van der Waals surface area (Å²) in [4.78, 5) is 22.3. The molecular formula is C29H46O4. The molecule has 4 nitrogen and oxygen atoms in total. The second kappa shape index (κ2) is 27.4. The van der Waals surface area contributed by atoms with Crippen molar-refractivity contribution >= 4 is 11.9 Å². The number of allylic oxidation sites excluding steroid dienone is 4. The number of benzene rings is 1. The Labute approximate surface area is 202 Å². The predicted octanol–water partition coefficient (Wildman–Crippen LogP) is 8.25. The van der Waals surface area contributed by atoms with E-state index in [0.29, 0.717) is 25.2 Å². The van der Waals surface area contributed by atoms with Gasteiger partial charge in [-0.3, -0.25) is 4.79 Å². The maximum absolute atomic E-state index is 11.4. The number of carbonyl (C=O) groups excluding carboxylic acids is 2. The van der Waals surface area contributed by atoms with Crippen molar-refractivity contribution in [2.24, 2.45) is 0 Å². The summed E-state index contributed by atoms with van der Waals surface area (Å²) >= 11 is 0. The fourth-order valence-electron chi connectivity index (χ4n) is 2.26. The lowest BCUT2D eigenvalue weighted by molar-refractivity contribution is -0.142. The molecule has 0 N–H and O–H groups in total. The molecule has 0 bridgehead atoms. The van der Waals surface area contributed by atoms with Gasteiger partial charge in [0.15, 0.2) is 0 Å². The van der Waals surface area contributed by atoms with Crippen LogP contribution in [0.15, 0.2) is 66.8 Å². The first-order chi connectivity index (χ1) is 16.1. The zero-order chi connectivity index (χ0) is 25.0. The first kappa shape index (κ1) is 32.6. The third-order valence-corrected chi connectivity index (χ3v) is 3.98. The summed E-state index contributed by atoms with van der Waals surface area (Å²) in [6.45, 7) is 11.3. The van der Waals surface area contributed by atoms with Gasteiger partial charge in [0.1, 0.15) is 6.61 Å². The molecule has 0 aliphatic heterocycles. The van der Waals surface area contributed by atoms with Gasteiger partial charge in [-0.25, -0.2) is 4.79 Å². The van der Waals surface area contributed by atoms with Gasteiger partial charge in [0.05, 0.1) is 12.2 Å². The third-order valence-electron chi connectivity index (χ3n) is 3.98. The fourth-order valence-corrected chi connectivity index (χ4v) is 2.26. The molecule has 0 radical (unpaired) electrons. The number of carbonyl (C=O) groups is 2. The van der Waals surface area contributed by atoms with Gasteiger partial charge in [-0.15, -0.1) is 0 Å². The summed E-state index contributed by atoms with van der Waals surface area (Å²) in [7, 11) is 0. The van der Waals surface area contributed by atoms with Gasteiger partial charge in [0, 0.05) is 6.42 Å². The van der Waals surface area contributed by atoms with Gasteiger partial charge in [-0.2, -0.15) is 0 Å². The van der Waals surface area contributed by atoms with E-state index in [-0.39, 0.29) is 11.9 Å². The Kier molecular flexibility index (Phi) is 27.0. The number of hydrogen-bond donors (Lipinski definition) is 0. The third kappa shape index (κ3) is 25.5. The minimum absolute atomic E-state index is 0.0985. The average Bonchev–Trinajstić information content (AvgIpc) is 2.84. The Bertz CT molecular complexity index is 639. The van der Waals surface area contributed by atoms with Crippen LogP contribution < -0.4 is 0 Å². The second-order valence-electron chi connectivity index (χ2n) is 7.15. The van der Waals surface area contributed by atoms with Gasteiger partial charge in [-0.1, -0.05) is 95.7 Å². The highest BCUT2D eigenvalue weighted by Crippen LogP contribution is 2.01. The number of ether oxygens (including phenoxy) is 2. The zero-order valence-corrected chi connectivity index (χ0v) is 21.6. The summed E-state index contributed by atoms with van der Waals surface area (Å²) in [6, 6.07) is 9.04. The van der Waals surface area contributed by atoms with Crippen LogP contribution >= 0.6 is 0 Å². The van der Waals surface area contributed by atoms with Gasteiger partial charge in [0.2, 0.25) is 0 Å². The first-order valence-corrected chi connectivity index (χ1v) is 12.4. The summed E-state index contributed by atoms with van der Waals surface area (Å²) in [5, 5.41) is 0. The van der Waals surface area contributed by atoms with Crippen LogP contribution in [-0.2, 0) is 14.3 Å². The first-order valence-electron chi connectivity index (χ1n) is 12.4. The molecule has 1 aromatic rings. The van der Waals surface area contributed by atoms with Crippen LogP contribution in [0.4, 0.5) is 0 Å². The lowest BCUT2D eigenvalue weighted by Crippen LogP contribution is -2.05. The molecule has 0 unspecified atom stereocenters. The van der Waals surface area contributed by atoms with E-state index in [1.807, 2.05) is 43.4 Å². The molecule has 0 heterocycles. The fraction of sp³-hybridized carbons (Fsp3) is 0.517. The molecule has 0 spiro atoms. The standard InChI is InChI=1S/C13H16O2.C10H18O2.C6H12/c1-2-3-4-8-11-15-13(14)12-9-6-5-7-10-12;1-3-5-6-7-9-12-10(11)8-4-2;1-3-5-6-4-2/h3-7,9-10H,2,8,11H2,1H3;6-7H,3-5,8-9H2,1-2H3;5-6H,3-4H2,1-2H3/b;7-6+;. The van der Waals surface area contributed by atoms with Crippen LogP contribution in [-0.4, -0.2) is 25.2 Å². The molecule has 0 saturated heterocycles. The van der Waals surface area contributed by atoms with E-state index in [1.165, 1.54) is 12.8 Å². The van der Waals surface area contributed by atoms with Crippen molar-refractivity contribution in [1.82, 2.24) is 0 Å². The molecule has 186 valence electrons. The quantitative estimate of drug-likeness (QED) is 0.170. The molecule has 0 saturated carbocycles. The Morgan fingerprint density at radius 2 is 1.27 bits per heavy atom. The normalized spacial score (nSPS) is 10.5. The van der Waals surface area contributed by atoms with Crippen molar-refractivity contribution in [3.63, 3.8) is 0 Å². The largest absolute Gasteiger partial charge is 0.462 e. The average molecular weight is 459 g/mol. The van der Waals surface area contributed by atoms with Crippen molar-refractivity contribution in [2.45, 2.75) is 86.0 Å². The van der Waals surface area contributed by atoms with Gasteiger partial charge in [-0.05, 0) is 50.7 Å². The number of rotatable bonds is 13. The molecule has 1 aromatic carbocycles. The maximum Gasteiger partial charge on any atom is 0.338 e. The highest BCUT2D eigenvalue weighted by atomic mass is 16.5. The predicted molar refractivity (Wildman–Crippen MR) is 140 cm³/mol. The van der Waals surface area contributed by atoms with Crippen LogP contribution in [0, 0.1) is 0 Å². The van der Waals surface area contributed by atoms with E-state index in [2.05, 4.69) is 45.9 Å². The molecule has 0 fully saturated rings. The van der Waals surface area contributed by atoms with Crippen molar-refractivity contribution in [2.75, 3.05) is 13.2 Å². The molecule has 0 aliphatic rings. The Morgan fingerprint density at radius 3 is 1.82 bits per heavy atom. The summed E-state index contributed by atoms with van der Waals surface area (Å²) in [5.74, 6) is -0.348. The topological polar surface area (TPSA) is 52.6 Å². The van der Waals surface area contributed by atoms with E-state index in [4.69, 9.17) is 9.47 Å². The Morgan fingerprint density at radius 1 is 0.697 bits per heavy atom. The van der Waals surface area contributed by atoms with Gasteiger partial charge in [0.25, 0.3) is 0 Å². The SMILES string of the molecule is CCC/C=C/COC(=O)CCC.CCC=CCC.CCC=CCCOC(=O)c1ccccc1. The van der Waals surface area contributed by atoms with E-state index in [9.17, 15) is 9.59 Å². The van der Waals surface area contributed by atoms with Crippen LogP contribution in [0.3, 0.4) is 0 Å². The van der Waals surface area contributed by atoms with Crippen LogP contribution in [0.25, 0.3) is 0 Å². The molecule has 0 aromatic heterocycles. The summed E-state index contributed by atoms with van der Waals surface area (Å²) < 4.78 is 9.99. The smallest absolute Gasteiger partial charge is 0.338 e. The summed E-state index contributed by atoms with van der Waals surface area (Å²) in [5.41, 5.74) is 0.608. The molecule has 0 atom stereocenters. The van der Waals surface area contributed by atoms with E-state index >= 15 is 0 Å². The highest BCUT2D eigenvalue weighted by Gasteiger charge is 2.03. The monoisotopic (exact) mass is 458 g/mol. The molecule has 33 heavy (non-hydrogen) atoms. The summed E-state index contributed by atoms with van der Waals surface area (Å²) in [6.07, 6.45) is 20.1. The molecule has 1 rings (SSSR count). The van der Waals surface area contributed by atoms with Crippen LogP contribution in [0.1, 0.15) is 96.3 Å². The van der Waals surface area contributed by atoms with Crippen molar-refractivity contribution < 1.29 is 19.1 Å². The van der Waals surface area contributed by atoms with Crippen LogP contribution in [0.5, 0.6) is 0 Å². The molecule has 4 heteroatoms. The minimum Gasteiger partial charge on any atom is -0.462 e. The lowest BCUT2D eigenvalue weighted by atomic mass is 10.2. The van der Waals surface area contributed by atoms with Gasteiger partial charge >= 0.3 is 11.9 Å². The van der Waals surface area contributed by atoms with Gasteiger partial charge < -0.3 is 9.47 Å². The Balaban J connectivity index is 0. The van der Waals surface area contributed by atoms with Crippen LogP contribution in [0.2, 0.25) is 0 Å². The molecule has 0 aliphatic carbocycles. The number of esters is 2. The van der Waals surface area contributed by atoms with Crippen molar-refractivity contribution in [3.05, 3.63) is 72.4 Å². The number of hydrogen-bond acceptors (Lipinski definition) is 4. The zero-order valence-electron chi connectivity index (χ0n) is 21.6. The van der Waals surface area contributed by atoms with E-state index in [1.54, 1.807) is 12.1 Å².